The number of halogens is 1. The van der Waals surface area contributed by atoms with E-state index in [2.05, 4.69) is 9.97 Å². The lowest BCUT2D eigenvalue weighted by Gasteiger charge is -2.07. The molecule has 0 aliphatic rings. The quantitative estimate of drug-likeness (QED) is 0.841. The maximum atomic E-state index is 12.7. The molecular formula is C11H10FN3O. The lowest BCUT2D eigenvalue weighted by molar-refractivity contribution is 0.457. The van der Waals surface area contributed by atoms with Gasteiger partial charge in [-0.3, -0.25) is 0 Å². The van der Waals surface area contributed by atoms with Gasteiger partial charge in [-0.05, 0) is 31.2 Å². The van der Waals surface area contributed by atoms with Gasteiger partial charge in [0.05, 0.1) is 0 Å². The van der Waals surface area contributed by atoms with E-state index in [0.717, 1.165) is 5.56 Å². The summed E-state index contributed by atoms with van der Waals surface area (Å²) < 4.78 is 18.1. The fraction of sp³-hybridized carbons (Fsp3) is 0.0909. The summed E-state index contributed by atoms with van der Waals surface area (Å²) in [6.45, 7) is 1.80. The van der Waals surface area contributed by atoms with Gasteiger partial charge in [-0.25, -0.2) is 9.37 Å². The van der Waals surface area contributed by atoms with Gasteiger partial charge < -0.3 is 10.5 Å². The molecule has 82 valence electrons. The third-order valence-electron chi connectivity index (χ3n) is 1.97. The zero-order valence-electron chi connectivity index (χ0n) is 8.64. The van der Waals surface area contributed by atoms with Crippen LogP contribution in [0.3, 0.4) is 0 Å². The van der Waals surface area contributed by atoms with Crippen LogP contribution in [0.15, 0.2) is 30.5 Å². The molecular weight excluding hydrogens is 209 g/mol. The summed E-state index contributed by atoms with van der Waals surface area (Å²) in [6, 6.07) is 5.67. The molecule has 2 rings (SSSR count). The molecule has 5 heteroatoms. The van der Waals surface area contributed by atoms with Gasteiger partial charge in [0, 0.05) is 11.8 Å². The maximum Gasteiger partial charge on any atom is 0.226 e. The molecule has 0 radical (unpaired) electrons. The number of nitrogens with two attached hydrogens (primary N) is 1. The number of nitrogens with zero attached hydrogens (tertiary/aromatic N) is 2. The first kappa shape index (κ1) is 10.4. The van der Waals surface area contributed by atoms with E-state index >= 15 is 0 Å². The van der Waals surface area contributed by atoms with Crippen molar-refractivity contribution in [2.24, 2.45) is 0 Å². The van der Waals surface area contributed by atoms with Crippen LogP contribution < -0.4 is 10.5 Å². The number of nitrogen functional groups attached to an aromatic ring is 1. The van der Waals surface area contributed by atoms with Gasteiger partial charge >= 0.3 is 0 Å². The normalized spacial score (nSPS) is 10.1. The van der Waals surface area contributed by atoms with Gasteiger partial charge in [-0.1, -0.05) is 0 Å². The minimum atomic E-state index is -0.314. The van der Waals surface area contributed by atoms with Gasteiger partial charge in [0.1, 0.15) is 11.6 Å². The van der Waals surface area contributed by atoms with Crippen LogP contribution in [-0.2, 0) is 0 Å². The van der Waals surface area contributed by atoms with E-state index in [9.17, 15) is 4.39 Å². The van der Waals surface area contributed by atoms with Crippen LogP contribution >= 0.6 is 0 Å². The number of ether oxygens (including phenoxy) is 1. The van der Waals surface area contributed by atoms with Crippen LogP contribution in [0, 0.1) is 12.7 Å². The molecule has 4 nitrogen and oxygen atoms in total. The van der Waals surface area contributed by atoms with Crippen molar-refractivity contribution in [2.45, 2.75) is 6.92 Å². The Morgan fingerprint density at radius 3 is 2.62 bits per heavy atom. The molecule has 0 aliphatic carbocycles. The van der Waals surface area contributed by atoms with E-state index in [-0.39, 0.29) is 11.8 Å². The highest BCUT2D eigenvalue weighted by Gasteiger charge is 2.04. The SMILES string of the molecule is Cc1cnc(N)nc1Oc1ccc(F)cc1. The highest BCUT2D eigenvalue weighted by Crippen LogP contribution is 2.22. The van der Waals surface area contributed by atoms with Crippen LogP contribution in [0.25, 0.3) is 0 Å². The number of hydrogen-bond donors (Lipinski definition) is 1. The van der Waals surface area contributed by atoms with E-state index in [0.29, 0.717) is 11.6 Å². The van der Waals surface area contributed by atoms with E-state index in [1.165, 1.54) is 24.3 Å². The first-order chi connectivity index (χ1) is 7.65. The van der Waals surface area contributed by atoms with E-state index in [4.69, 9.17) is 10.5 Å². The second-order valence-electron chi connectivity index (χ2n) is 3.27. The number of hydrogen-bond acceptors (Lipinski definition) is 4. The molecule has 0 spiro atoms. The molecule has 0 saturated carbocycles. The Morgan fingerprint density at radius 1 is 1.25 bits per heavy atom. The largest absolute Gasteiger partial charge is 0.439 e. The summed E-state index contributed by atoms with van der Waals surface area (Å²) in [6.07, 6.45) is 1.57. The van der Waals surface area contributed by atoms with Crippen LogP contribution in [0.2, 0.25) is 0 Å². The fourth-order valence-electron chi connectivity index (χ4n) is 1.16. The zero-order valence-corrected chi connectivity index (χ0v) is 8.64. The standard InChI is InChI=1S/C11H10FN3O/c1-7-6-14-11(13)15-10(7)16-9-4-2-8(12)3-5-9/h2-6H,1H3,(H2,13,14,15). The Balaban J connectivity index is 2.26. The van der Waals surface area contributed by atoms with E-state index < -0.39 is 0 Å². The van der Waals surface area contributed by atoms with Crippen LogP contribution in [-0.4, -0.2) is 9.97 Å². The summed E-state index contributed by atoms with van der Waals surface area (Å²) in [5, 5.41) is 0. The predicted molar refractivity (Wildman–Crippen MR) is 57.7 cm³/mol. The number of benzene rings is 1. The van der Waals surface area contributed by atoms with E-state index in [1.807, 2.05) is 0 Å². The third kappa shape index (κ3) is 2.25. The van der Waals surface area contributed by atoms with Gasteiger partial charge in [-0.2, -0.15) is 4.98 Å². The second-order valence-corrected chi connectivity index (χ2v) is 3.27. The molecule has 0 atom stereocenters. The highest BCUT2D eigenvalue weighted by molar-refractivity contribution is 5.33. The molecule has 0 amide bonds. The number of aromatic nitrogens is 2. The number of anilines is 1. The van der Waals surface area contributed by atoms with Crippen LogP contribution in [0.5, 0.6) is 11.6 Å². The summed E-state index contributed by atoms with van der Waals surface area (Å²) in [7, 11) is 0. The molecule has 0 aliphatic heterocycles. The van der Waals surface area contributed by atoms with Crippen LogP contribution in [0.4, 0.5) is 10.3 Å². The molecule has 0 bridgehead atoms. The molecule has 2 N–H and O–H groups in total. The fourth-order valence-corrected chi connectivity index (χ4v) is 1.16. The Kier molecular flexibility index (Phi) is 2.68. The molecule has 1 heterocycles. The highest BCUT2D eigenvalue weighted by atomic mass is 19.1. The van der Waals surface area contributed by atoms with Crippen LogP contribution in [0.1, 0.15) is 5.56 Å². The predicted octanol–water partition coefficient (Wildman–Crippen LogP) is 2.30. The van der Waals surface area contributed by atoms with Crippen molar-refractivity contribution in [3.8, 4) is 11.6 Å². The lowest BCUT2D eigenvalue weighted by atomic mass is 10.3. The van der Waals surface area contributed by atoms with Crippen molar-refractivity contribution in [2.75, 3.05) is 5.73 Å². The topological polar surface area (TPSA) is 61.0 Å². The number of aryl methyl sites for hydroxylation is 1. The monoisotopic (exact) mass is 219 g/mol. The Labute approximate surface area is 91.9 Å². The average Bonchev–Trinajstić information content (AvgIpc) is 2.27. The van der Waals surface area contributed by atoms with Gasteiger partial charge in [0.25, 0.3) is 0 Å². The minimum absolute atomic E-state index is 0.141. The van der Waals surface area contributed by atoms with E-state index in [1.54, 1.807) is 13.1 Å². The first-order valence-electron chi connectivity index (χ1n) is 4.67. The lowest BCUT2D eigenvalue weighted by Crippen LogP contribution is -1.98. The Bertz CT molecular complexity index is 499. The minimum Gasteiger partial charge on any atom is -0.439 e. The molecule has 2 aromatic rings. The third-order valence-corrected chi connectivity index (χ3v) is 1.97. The summed E-state index contributed by atoms with van der Waals surface area (Å²) in [5.41, 5.74) is 6.21. The van der Waals surface area contributed by atoms with Crippen molar-refractivity contribution in [3.05, 3.63) is 41.8 Å². The summed E-state index contributed by atoms with van der Waals surface area (Å²) in [5.74, 6) is 0.704. The van der Waals surface area contributed by atoms with Crippen molar-refractivity contribution in [3.63, 3.8) is 0 Å². The summed E-state index contributed by atoms with van der Waals surface area (Å²) >= 11 is 0. The zero-order chi connectivity index (χ0) is 11.5. The Hall–Kier alpha value is -2.17. The molecule has 0 fully saturated rings. The van der Waals surface area contributed by atoms with Crippen molar-refractivity contribution in [1.82, 2.24) is 9.97 Å². The molecule has 1 aromatic carbocycles. The maximum absolute atomic E-state index is 12.7. The second kappa shape index (κ2) is 4.14. The van der Waals surface area contributed by atoms with Crippen molar-refractivity contribution >= 4 is 5.95 Å². The van der Waals surface area contributed by atoms with Gasteiger partial charge in [-0.15, -0.1) is 0 Å². The molecule has 0 unspecified atom stereocenters. The van der Waals surface area contributed by atoms with Gasteiger partial charge in [0.2, 0.25) is 11.8 Å². The van der Waals surface area contributed by atoms with Crippen molar-refractivity contribution < 1.29 is 9.13 Å². The average molecular weight is 219 g/mol. The molecule has 16 heavy (non-hydrogen) atoms. The molecule has 0 saturated heterocycles. The number of rotatable bonds is 2. The first-order valence-corrected chi connectivity index (χ1v) is 4.67. The molecule has 1 aromatic heterocycles. The smallest absolute Gasteiger partial charge is 0.226 e. The summed E-state index contributed by atoms with van der Waals surface area (Å²) in [4.78, 5) is 7.76. The van der Waals surface area contributed by atoms with Gasteiger partial charge in [0.15, 0.2) is 0 Å². The van der Waals surface area contributed by atoms with Crippen molar-refractivity contribution in [1.29, 1.82) is 0 Å². The Morgan fingerprint density at radius 2 is 1.94 bits per heavy atom.